The molecule has 0 spiro atoms. The van der Waals surface area contributed by atoms with Crippen LogP contribution in [-0.2, 0) is 16.0 Å². The zero-order valence-electron chi connectivity index (χ0n) is 14.4. The van der Waals surface area contributed by atoms with E-state index in [1.54, 1.807) is 17.0 Å². The first kappa shape index (κ1) is 17.7. The van der Waals surface area contributed by atoms with Gasteiger partial charge >= 0.3 is 5.97 Å². The van der Waals surface area contributed by atoms with Crippen LogP contribution in [0, 0.1) is 5.92 Å². The molecule has 0 aromatic heterocycles. The van der Waals surface area contributed by atoms with E-state index in [1.807, 2.05) is 31.2 Å². The maximum absolute atomic E-state index is 12.5. The molecule has 0 radical (unpaired) electrons. The highest BCUT2D eigenvalue weighted by molar-refractivity contribution is 6.04. The Labute approximate surface area is 151 Å². The second-order valence-corrected chi connectivity index (χ2v) is 6.26. The van der Waals surface area contributed by atoms with Gasteiger partial charge in [-0.1, -0.05) is 31.2 Å². The molecule has 6 nitrogen and oxygen atoms in total. The van der Waals surface area contributed by atoms with Crippen LogP contribution in [0.25, 0.3) is 0 Å². The van der Waals surface area contributed by atoms with Crippen molar-refractivity contribution in [1.29, 1.82) is 0 Å². The number of carbonyl (C=O) groups is 3. The Hall–Kier alpha value is -3.15. The average molecular weight is 352 g/mol. The maximum atomic E-state index is 12.5. The molecule has 3 rings (SSSR count). The monoisotopic (exact) mass is 352 g/mol. The van der Waals surface area contributed by atoms with Gasteiger partial charge in [0.1, 0.15) is 0 Å². The number of carboxylic acid groups (broad SMARTS) is 1. The van der Waals surface area contributed by atoms with Crippen molar-refractivity contribution in [2.75, 3.05) is 16.8 Å². The first-order chi connectivity index (χ1) is 12.5. The molecule has 0 aliphatic carbocycles. The smallest absolute Gasteiger partial charge is 0.335 e. The molecule has 2 amide bonds. The predicted octanol–water partition coefficient (Wildman–Crippen LogP) is 2.94. The number of anilines is 2. The summed E-state index contributed by atoms with van der Waals surface area (Å²) in [5.74, 6) is -1.89. The molecule has 134 valence electrons. The minimum Gasteiger partial charge on any atom is -0.478 e. The fraction of sp³-hybridized carbons (Fsp3) is 0.250. The lowest BCUT2D eigenvalue weighted by Crippen LogP contribution is -2.28. The number of benzene rings is 2. The van der Waals surface area contributed by atoms with Crippen molar-refractivity contribution in [1.82, 2.24) is 0 Å². The Bertz CT molecular complexity index is 862. The number of nitrogens with zero attached hydrogens (tertiary/aromatic N) is 1. The van der Waals surface area contributed by atoms with Crippen LogP contribution in [0.5, 0.6) is 0 Å². The Balaban J connectivity index is 1.73. The van der Waals surface area contributed by atoms with Crippen molar-refractivity contribution in [2.24, 2.45) is 5.92 Å². The fourth-order valence-corrected chi connectivity index (χ4v) is 3.16. The van der Waals surface area contributed by atoms with Gasteiger partial charge in [0.05, 0.1) is 11.5 Å². The second kappa shape index (κ2) is 7.39. The molecular formula is C20H20N2O4. The highest BCUT2D eigenvalue weighted by Gasteiger charge is 2.35. The number of hydrogen-bond donors (Lipinski definition) is 2. The van der Waals surface area contributed by atoms with Crippen LogP contribution in [0.2, 0.25) is 0 Å². The van der Waals surface area contributed by atoms with E-state index in [9.17, 15) is 14.4 Å². The quantitative estimate of drug-likeness (QED) is 0.866. The molecule has 0 bridgehead atoms. The Kier molecular flexibility index (Phi) is 5.02. The molecule has 6 heteroatoms. The fourth-order valence-electron chi connectivity index (χ4n) is 3.16. The third kappa shape index (κ3) is 3.59. The lowest BCUT2D eigenvalue weighted by atomic mass is 10.1. The van der Waals surface area contributed by atoms with E-state index >= 15 is 0 Å². The topological polar surface area (TPSA) is 86.7 Å². The molecule has 2 aromatic carbocycles. The molecule has 1 unspecified atom stereocenters. The third-order valence-electron chi connectivity index (χ3n) is 4.54. The summed E-state index contributed by atoms with van der Waals surface area (Å²) in [4.78, 5) is 37.7. The summed E-state index contributed by atoms with van der Waals surface area (Å²) in [6.07, 6.45) is 0.946. The molecule has 2 aromatic rings. The number of nitrogens with one attached hydrogen (secondary N) is 1. The molecule has 26 heavy (non-hydrogen) atoms. The van der Waals surface area contributed by atoms with Crippen molar-refractivity contribution in [3.05, 3.63) is 59.7 Å². The Morgan fingerprint density at radius 3 is 2.69 bits per heavy atom. The summed E-state index contributed by atoms with van der Waals surface area (Å²) in [6.45, 7) is 2.35. The lowest BCUT2D eigenvalue weighted by Gasteiger charge is -2.20. The standard InChI is InChI=1S/C20H20N2O4/c1-2-13-6-3-4-9-17(13)22-12-15(11-18(22)23)19(24)21-16-8-5-7-14(10-16)20(25)26/h3-10,15H,2,11-12H2,1H3,(H,21,24)(H,25,26). The van der Waals surface area contributed by atoms with Gasteiger partial charge in [-0.3, -0.25) is 9.59 Å². The summed E-state index contributed by atoms with van der Waals surface area (Å²) >= 11 is 0. The summed E-state index contributed by atoms with van der Waals surface area (Å²) in [6, 6.07) is 13.8. The minimum absolute atomic E-state index is 0.0784. The summed E-state index contributed by atoms with van der Waals surface area (Å²) in [7, 11) is 0. The van der Waals surface area contributed by atoms with E-state index in [1.165, 1.54) is 12.1 Å². The van der Waals surface area contributed by atoms with Crippen molar-refractivity contribution >= 4 is 29.2 Å². The van der Waals surface area contributed by atoms with Crippen molar-refractivity contribution in [2.45, 2.75) is 19.8 Å². The lowest BCUT2D eigenvalue weighted by molar-refractivity contribution is -0.122. The summed E-state index contributed by atoms with van der Waals surface area (Å²) in [5.41, 5.74) is 2.43. The zero-order chi connectivity index (χ0) is 18.7. The maximum Gasteiger partial charge on any atom is 0.335 e. The van der Waals surface area contributed by atoms with Crippen LogP contribution in [-0.4, -0.2) is 29.4 Å². The number of carboxylic acids is 1. The largest absolute Gasteiger partial charge is 0.478 e. The van der Waals surface area contributed by atoms with Gasteiger partial charge < -0.3 is 15.3 Å². The number of para-hydroxylation sites is 1. The molecule has 1 aliphatic heterocycles. The van der Waals surface area contributed by atoms with Gasteiger partial charge in [-0.05, 0) is 36.2 Å². The highest BCUT2D eigenvalue weighted by atomic mass is 16.4. The first-order valence-electron chi connectivity index (χ1n) is 8.52. The molecule has 2 N–H and O–H groups in total. The van der Waals surface area contributed by atoms with E-state index in [2.05, 4.69) is 5.32 Å². The Morgan fingerprint density at radius 2 is 1.96 bits per heavy atom. The normalized spacial score (nSPS) is 16.6. The SMILES string of the molecule is CCc1ccccc1N1CC(C(=O)Nc2cccc(C(=O)O)c2)CC1=O. The van der Waals surface area contributed by atoms with Crippen LogP contribution >= 0.6 is 0 Å². The summed E-state index contributed by atoms with van der Waals surface area (Å²) in [5, 5.41) is 11.8. The number of hydrogen-bond acceptors (Lipinski definition) is 3. The van der Waals surface area contributed by atoms with Gasteiger partial charge in [-0.25, -0.2) is 4.79 Å². The average Bonchev–Trinajstić information content (AvgIpc) is 3.03. The minimum atomic E-state index is -1.06. The van der Waals surface area contributed by atoms with Crippen molar-refractivity contribution < 1.29 is 19.5 Å². The molecule has 1 saturated heterocycles. The van der Waals surface area contributed by atoms with Crippen LogP contribution in [0.4, 0.5) is 11.4 Å². The van der Waals surface area contributed by atoms with Gasteiger partial charge in [-0.2, -0.15) is 0 Å². The molecule has 1 aliphatic rings. The molecule has 0 saturated carbocycles. The molecule has 1 atom stereocenters. The van der Waals surface area contributed by atoms with Crippen LogP contribution in [0.3, 0.4) is 0 Å². The Morgan fingerprint density at radius 1 is 1.19 bits per heavy atom. The van der Waals surface area contributed by atoms with Gasteiger partial charge in [0.15, 0.2) is 0 Å². The van der Waals surface area contributed by atoms with Crippen molar-refractivity contribution in [3.8, 4) is 0 Å². The third-order valence-corrected chi connectivity index (χ3v) is 4.54. The predicted molar refractivity (Wildman–Crippen MR) is 98.3 cm³/mol. The number of aryl methyl sites for hydroxylation is 1. The molecule has 1 heterocycles. The zero-order valence-corrected chi connectivity index (χ0v) is 14.4. The summed E-state index contributed by atoms with van der Waals surface area (Å²) < 4.78 is 0. The van der Waals surface area contributed by atoms with Crippen molar-refractivity contribution in [3.63, 3.8) is 0 Å². The molecule has 1 fully saturated rings. The van der Waals surface area contributed by atoms with Gasteiger partial charge in [0, 0.05) is 24.3 Å². The van der Waals surface area contributed by atoms with Crippen LogP contribution in [0.15, 0.2) is 48.5 Å². The van der Waals surface area contributed by atoms with E-state index in [0.29, 0.717) is 12.2 Å². The number of carbonyl (C=O) groups excluding carboxylic acids is 2. The second-order valence-electron chi connectivity index (χ2n) is 6.26. The van der Waals surface area contributed by atoms with E-state index in [-0.39, 0.29) is 23.8 Å². The van der Waals surface area contributed by atoms with Crippen LogP contribution in [0.1, 0.15) is 29.3 Å². The molecular weight excluding hydrogens is 332 g/mol. The number of rotatable bonds is 5. The number of amides is 2. The highest BCUT2D eigenvalue weighted by Crippen LogP contribution is 2.29. The van der Waals surface area contributed by atoms with Gasteiger partial charge in [-0.15, -0.1) is 0 Å². The van der Waals surface area contributed by atoms with E-state index in [4.69, 9.17) is 5.11 Å². The first-order valence-corrected chi connectivity index (χ1v) is 8.52. The van der Waals surface area contributed by atoms with E-state index in [0.717, 1.165) is 17.7 Å². The van der Waals surface area contributed by atoms with Gasteiger partial charge in [0.25, 0.3) is 0 Å². The van der Waals surface area contributed by atoms with Gasteiger partial charge in [0.2, 0.25) is 11.8 Å². The van der Waals surface area contributed by atoms with E-state index < -0.39 is 11.9 Å². The van der Waals surface area contributed by atoms with Crippen LogP contribution < -0.4 is 10.2 Å². The number of aromatic carboxylic acids is 1.